The molecule has 3 rings (SSSR count). The summed E-state index contributed by atoms with van der Waals surface area (Å²) in [5, 5.41) is 14.3. The van der Waals surface area contributed by atoms with E-state index in [1.165, 1.54) is 0 Å². The number of imide groups is 1. The lowest BCUT2D eigenvalue weighted by atomic mass is 10.1. The van der Waals surface area contributed by atoms with E-state index < -0.39 is 12.1 Å². The Morgan fingerprint density at radius 3 is 2.81 bits per heavy atom. The summed E-state index contributed by atoms with van der Waals surface area (Å²) in [5.74, 6) is 1.65. The van der Waals surface area contributed by atoms with Crippen molar-refractivity contribution in [2.75, 3.05) is 20.4 Å². The third kappa shape index (κ3) is 4.68. The molecule has 142 valence electrons. The van der Waals surface area contributed by atoms with Crippen molar-refractivity contribution in [1.82, 2.24) is 15.5 Å². The van der Waals surface area contributed by atoms with Crippen molar-refractivity contribution in [3.05, 3.63) is 53.6 Å². The Morgan fingerprint density at radius 1 is 1.33 bits per heavy atom. The van der Waals surface area contributed by atoms with Crippen LogP contribution in [-0.4, -0.2) is 42.8 Å². The minimum absolute atomic E-state index is 0.138. The Kier molecular flexibility index (Phi) is 5.77. The summed E-state index contributed by atoms with van der Waals surface area (Å²) in [6.07, 6.45) is 0.330. The highest BCUT2D eigenvalue weighted by Gasteiger charge is 2.23. The van der Waals surface area contributed by atoms with Crippen LogP contribution in [-0.2, 0) is 11.3 Å². The number of hydrogen-bond acceptors (Lipinski definition) is 6. The number of benzene rings is 2. The first kappa shape index (κ1) is 18.5. The number of carbonyl (C=O) groups excluding carboxylic acids is 2. The van der Waals surface area contributed by atoms with Crippen molar-refractivity contribution in [2.24, 2.45) is 0 Å². The van der Waals surface area contributed by atoms with Crippen molar-refractivity contribution < 1.29 is 24.2 Å². The highest BCUT2D eigenvalue weighted by molar-refractivity contribution is 5.84. The van der Waals surface area contributed by atoms with Crippen molar-refractivity contribution >= 4 is 12.4 Å². The van der Waals surface area contributed by atoms with E-state index >= 15 is 0 Å². The van der Waals surface area contributed by atoms with Crippen LogP contribution in [0.2, 0.25) is 0 Å². The molecule has 2 aromatic carbocycles. The highest BCUT2D eigenvalue weighted by atomic mass is 16.5. The lowest BCUT2D eigenvalue weighted by Crippen LogP contribution is -2.43. The van der Waals surface area contributed by atoms with Gasteiger partial charge in [-0.05, 0) is 23.8 Å². The normalized spacial score (nSPS) is 14.4. The van der Waals surface area contributed by atoms with E-state index in [0.717, 1.165) is 22.6 Å². The van der Waals surface area contributed by atoms with Crippen LogP contribution in [0.1, 0.15) is 17.2 Å². The second-order valence-corrected chi connectivity index (χ2v) is 6.14. The summed E-state index contributed by atoms with van der Waals surface area (Å²) in [7, 11) is 1.61. The summed E-state index contributed by atoms with van der Waals surface area (Å²) >= 11 is 0. The number of carbonyl (C=O) groups is 2. The number of phenols is 1. The number of fused-ring (bicyclic) bond motifs is 1. The predicted octanol–water partition coefficient (Wildman–Crippen LogP) is 1.75. The maximum Gasteiger partial charge on any atom is 0.321 e. The molecule has 27 heavy (non-hydrogen) atoms. The van der Waals surface area contributed by atoms with Gasteiger partial charge in [0.25, 0.3) is 0 Å². The molecule has 0 aromatic heterocycles. The van der Waals surface area contributed by atoms with Gasteiger partial charge in [0.15, 0.2) is 0 Å². The summed E-state index contributed by atoms with van der Waals surface area (Å²) < 4.78 is 11.0. The summed E-state index contributed by atoms with van der Waals surface area (Å²) in [6, 6.07) is 11.2. The van der Waals surface area contributed by atoms with Gasteiger partial charge in [0.2, 0.25) is 6.41 Å². The molecule has 2 aromatic rings. The molecular weight excluding hydrogens is 350 g/mol. The number of aromatic hydroxyl groups is 1. The van der Waals surface area contributed by atoms with E-state index in [2.05, 4.69) is 10.6 Å². The molecule has 1 aliphatic heterocycles. The number of urea groups is 1. The first-order chi connectivity index (χ1) is 13.1. The molecule has 0 aliphatic carbocycles. The molecule has 0 spiro atoms. The number of ether oxygens (including phenoxy) is 2. The molecule has 0 saturated heterocycles. The Morgan fingerprint density at radius 2 is 2.11 bits per heavy atom. The standard InChI is InChI=1S/C19H21N3O5/c1-26-16-7-4-14-9-22(12-27-18(14)8-16)10-17(21-19(25)20-11-23)13-2-5-15(24)6-3-13/h2-8,11,17,24H,9-10,12H2,1H3,(H2,20,21,23,25)/t17-/m0/s1. The molecule has 0 saturated carbocycles. The number of hydrogen-bond donors (Lipinski definition) is 3. The molecule has 0 unspecified atom stereocenters. The molecular formula is C19H21N3O5. The van der Waals surface area contributed by atoms with E-state index in [9.17, 15) is 14.7 Å². The topological polar surface area (TPSA) is 100 Å². The molecule has 3 N–H and O–H groups in total. The van der Waals surface area contributed by atoms with Crippen molar-refractivity contribution in [3.8, 4) is 17.2 Å². The SMILES string of the molecule is COc1ccc2c(c1)OCN(C[C@H](NC(=O)NC=O)c1ccc(O)cc1)C2. The average Bonchev–Trinajstić information content (AvgIpc) is 2.68. The van der Waals surface area contributed by atoms with E-state index in [-0.39, 0.29) is 5.75 Å². The highest BCUT2D eigenvalue weighted by Crippen LogP contribution is 2.30. The number of methoxy groups -OCH3 is 1. The van der Waals surface area contributed by atoms with Gasteiger partial charge in [-0.15, -0.1) is 0 Å². The van der Waals surface area contributed by atoms with Gasteiger partial charge in [-0.2, -0.15) is 0 Å². The van der Waals surface area contributed by atoms with Gasteiger partial charge in [0, 0.05) is 24.7 Å². The van der Waals surface area contributed by atoms with Crippen molar-refractivity contribution in [3.63, 3.8) is 0 Å². The van der Waals surface area contributed by atoms with Crippen LogP contribution in [0.5, 0.6) is 17.2 Å². The number of amides is 3. The lowest BCUT2D eigenvalue weighted by molar-refractivity contribution is -0.108. The minimum atomic E-state index is -0.592. The number of phenolic OH excluding ortho intramolecular Hbond substituents is 1. The van der Waals surface area contributed by atoms with Gasteiger partial charge < -0.3 is 19.9 Å². The Balaban J connectivity index is 1.74. The minimum Gasteiger partial charge on any atom is -0.508 e. The van der Waals surface area contributed by atoms with Crippen LogP contribution in [0, 0.1) is 0 Å². The molecule has 1 atom stereocenters. The quantitative estimate of drug-likeness (QED) is 0.669. The summed E-state index contributed by atoms with van der Waals surface area (Å²) in [6.45, 7) is 1.46. The zero-order valence-electron chi connectivity index (χ0n) is 14.8. The molecule has 1 heterocycles. The molecule has 3 amide bonds. The van der Waals surface area contributed by atoms with E-state index in [4.69, 9.17) is 9.47 Å². The second-order valence-electron chi connectivity index (χ2n) is 6.14. The maximum atomic E-state index is 11.8. The van der Waals surface area contributed by atoms with Crippen LogP contribution in [0.4, 0.5) is 4.79 Å². The smallest absolute Gasteiger partial charge is 0.321 e. The van der Waals surface area contributed by atoms with E-state index in [0.29, 0.717) is 26.2 Å². The van der Waals surface area contributed by atoms with E-state index in [1.54, 1.807) is 31.4 Å². The fourth-order valence-electron chi connectivity index (χ4n) is 2.94. The molecule has 8 nitrogen and oxygen atoms in total. The Labute approximate surface area is 156 Å². The van der Waals surface area contributed by atoms with Gasteiger partial charge in [-0.3, -0.25) is 15.0 Å². The maximum absolute atomic E-state index is 11.8. The Bertz CT molecular complexity index is 809. The van der Waals surface area contributed by atoms with Crippen LogP contribution in [0.25, 0.3) is 0 Å². The summed E-state index contributed by atoms with van der Waals surface area (Å²) in [5.41, 5.74) is 1.82. The third-order valence-electron chi connectivity index (χ3n) is 4.30. The Hall–Kier alpha value is -3.26. The van der Waals surface area contributed by atoms with Crippen LogP contribution >= 0.6 is 0 Å². The zero-order valence-corrected chi connectivity index (χ0v) is 14.8. The second kappa shape index (κ2) is 8.41. The number of rotatable bonds is 6. The number of nitrogens with one attached hydrogen (secondary N) is 2. The van der Waals surface area contributed by atoms with Crippen LogP contribution in [0.15, 0.2) is 42.5 Å². The van der Waals surface area contributed by atoms with Crippen molar-refractivity contribution in [1.29, 1.82) is 0 Å². The fourth-order valence-corrected chi connectivity index (χ4v) is 2.94. The van der Waals surface area contributed by atoms with Gasteiger partial charge >= 0.3 is 6.03 Å². The van der Waals surface area contributed by atoms with Crippen LogP contribution < -0.4 is 20.1 Å². The molecule has 1 aliphatic rings. The largest absolute Gasteiger partial charge is 0.508 e. The van der Waals surface area contributed by atoms with Crippen molar-refractivity contribution in [2.45, 2.75) is 12.6 Å². The average molecular weight is 371 g/mol. The predicted molar refractivity (Wildman–Crippen MR) is 97.5 cm³/mol. The van der Waals surface area contributed by atoms with Gasteiger partial charge in [-0.1, -0.05) is 18.2 Å². The fraction of sp³-hybridized carbons (Fsp3) is 0.263. The molecule has 0 fully saturated rings. The summed E-state index contributed by atoms with van der Waals surface area (Å²) in [4.78, 5) is 24.4. The van der Waals surface area contributed by atoms with Gasteiger partial charge in [0.05, 0.1) is 13.2 Å². The lowest BCUT2D eigenvalue weighted by Gasteiger charge is -2.32. The van der Waals surface area contributed by atoms with E-state index in [1.807, 2.05) is 23.1 Å². The third-order valence-corrected chi connectivity index (χ3v) is 4.30. The van der Waals surface area contributed by atoms with Gasteiger partial charge in [-0.25, -0.2) is 4.79 Å². The first-order valence-corrected chi connectivity index (χ1v) is 8.40. The number of nitrogens with zero attached hydrogens (tertiary/aromatic N) is 1. The zero-order chi connectivity index (χ0) is 19.2. The molecule has 0 radical (unpaired) electrons. The molecule has 0 bridgehead atoms. The van der Waals surface area contributed by atoms with Gasteiger partial charge in [0.1, 0.15) is 24.0 Å². The first-order valence-electron chi connectivity index (χ1n) is 8.40. The van der Waals surface area contributed by atoms with Crippen LogP contribution in [0.3, 0.4) is 0 Å². The monoisotopic (exact) mass is 371 g/mol. The molecule has 8 heteroatoms.